The quantitative estimate of drug-likeness (QED) is 0.615. The summed E-state index contributed by atoms with van der Waals surface area (Å²) in [5.74, 6) is -0.812. The van der Waals surface area contributed by atoms with Crippen molar-refractivity contribution in [2.75, 3.05) is 20.6 Å². The third-order valence-corrected chi connectivity index (χ3v) is 4.60. The molecular weight excluding hydrogens is 380 g/mol. The molecule has 0 fully saturated rings. The molecule has 6 nitrogen and oxygen atoms in total. The number of aliphatic hydroxyl groups is 1. The number of carboxylic acid groups (broad SMARTS) is 1. The predicted molar refractivity (Wildman–Crippen MR) is 120 cm³/mol. The lowest BCUT2D eigenvalue weighted by molar-refractivity contribution is -0.134. The lowest BCUT2D eigenvalue weighted by Crippen LogP contribution is -2.41. The van der Waals surface area contributed by atoms with E-state index in [1.54, 1.807) is 19.0 Å². The average molecular weight is 415 g/mol. The number of carboxylic acids is 1. The summed E-state index contributed by atoms with van der Waals surface area (Å²) in [4.78, 5) is 22.5. The molecule has 3 N–H and O–H groups in total. The van der Waals surface area contributed by atoms with Crippen molar-refractivity contribution in [2.24, 2.45) is 0 Å². The molecule has 0 saturated heterocycles. The number of carbonyl (C=O) groups excluding carboxylic acids is 1. The van der Waals surface area contributed by atoms with Gasteiger partial charge in [0.05, 0.1) is 6.10 Å². The van der Waals surface area contributed by atoms with Crippen molar-refractivity contribution in [2.45, 2.75) is 45.3 Å². The number of hydrogen-bond acceptors (Lipinski definition) is 4. The maximum Gasteiger partial charge on any atom is 0.300 e. The van der Waals surface area contributed by atoms with Crippen LogP contribution in [0.4, 0.5) is 0 Å². The number of aliphatic hydroxyl groups excluding tert-OH is 1. The third kappa shape index (κ3) is 9.67. The van der Waals surface area contributed by atoms with Crippen LogP contribution in [0.15, 0.2) is 54.6 Å². The van der Waals surface area contributed by atoms with Gasteiger partial charge in [-0.15, -0.1) is 0 Å². The topological polar surface area (TPSA) is 89.9 Å². The SMILES string of the molecule is CC(=O)O.CN(C)C(=O)c1ccc(CCC(C)(C)NCC(O)c2ccccc2)cc1. The minimum atomic E-state index is -0.833. The molecule has 2 rings (SSSR count). The van der Waals surface area contributed by atoms with E-state index in [0.717, 1.165) is 25.3 Å². The molecule has 164 valence electrons. The van der Waals surface area contributed by atoms with Crippen molar-refractivity contribution >= 4 is 11.9 Å². The molecule has 0 aliphatic rings. The van der Waals surface area contributed by atoms with Crippen LogP contribution in [-0.2, 0) is 11.2 Å². The van der Waals surface area contributed by atoms with Gasteiger partial charge in [-0.05, 0) is 49.9 Å². The van der Waals surface area contributed by atoms with Gasteiger partial charge >= 0.3 is 0 Å². The van der Waals surface area contributed by atoms with Crippen LogP contribution in [0.2, 0.25) is 0 Å². The number of carbonyl (C=O) groups is 2. The maximum absolute atomic E-state index is 11.9. The molecule has 1 unspecified atom stereocenters. The van der Waals surface area contributed by atoms with Crippen molar-refractivity contribution in [3.8, 4) is 0 Å². The molecular formula is C24H34N2O4. The summed E-state index contributed by atoms with van der Waals surface area (Å²) in [5.41, 5.74) is 2.76. The van der Waals surface area contributed by atoms with Gasteiger partial charge in [0.15, 0.2) is 0 Å². The van der Waals surface area contributed by atoms with Gasteiger partial charge < -0.3 is 20.4 Å². The summed E-state index contributed by atoms with van der Waals surface area (Å²) >= 11 is 0. The second kappa shape index (κ2) is 12.1. The molecule has 6 heteroatoms. The highest BCUT2D eigenvalue weighted by Gasteiger charge is 2.19. The van der Waals surface area contributed by atoms with Gasteiger partial charge in [-0.3, -0.25) is 9.59 Å². The number of β-amino-alcohol motifs (C(OH)–C–C–N with tert-alkyl or cyclic N) is 1. The number of aliphatic carboxylic acids is 1. The number of aryl methyl sites for hydroxylation is 1. The number of nitrogens with one attached hydrogen (secondary N) is 1. The number of benzene rings is 2. The highest BCUT2D eigenvalue weighted by molar-refractivity contribution is 5.93. The van der Waals surface area contributed by atoms with Gasteiger partial charge in [0.25, 0.3) is 11.9 Å². The van der Waals surface area contributed by atoms with E-state index >= 15 is 0 Å². The van der Waals surface area contributed by atoms with Crippen LogP contribution < -0.4 is 5.32 Å². The molecule has 0 aliphatic heterocycles. The molecule has 1 atom stereocenters. The van der Waals surface area contributed by atoms with Crippen molar-refractivity contribution < 1.29 is 19.8 Å². The molecule has 2 aromatic rings. The number of nitrogens with zero attached hydrogens (tertiary/aromatic N) is 1. The minimum absolute atomic E-state index is 0.0217. The molecule has 2 aromatic carbocycles. The van der Waals surface area contributed by atoms with Gasteiger partial charge in [0.2, 0.25) is 0 Å². The van der Waals surface area contributed by atoms with Crippen molar-refractivity contribution in [3.63, 3.8) is 0 Å². The highest BCUT2D eigenvalue weighted by atomic mass is 16.4. The van der Waals surface area contributed by atoms with E-state index in [1.807, 2.05) is 54.6 Å². The Balaban J connectivity index is 0.00000103. The van der Waals surface area contributed by atoms with Crippen LogP contribution in [0, 0.1) is 0 Å². The second-order valence-corrected chi connectivity index (χ2v) is 8.11. The Labute approximate surface area is 179 Å². The first kappa shape index (κ1) is 25.3. The van der Waals surface area contributed by atoms with E-state index in [0.29, 0.717) is 12.1 Å². The molecule has 0 spiro atoms. The molecule has 30 heavy (non-hydrogen) atoms. The van der Waals surface area contributed by atoms with Crippen LogP contribution >= 0.6 is 0 Å². The van der Waals surface area contributed by atoms with E-state index in [-0.39, 0.29) is 11.4 Å². The molecule has 0 heterocycles. The predicted octanol–water partition coefficient (Wildman–Crippen LogP) is 3.51. The van der Waals surface area contributed by atoms with Crippen LogP contribution in [0.25, 0.3) is 0 Å². The van der Waals surface area contributed by atoms with E-state index < -0.39 is 12.1 Å². The zero-order valence-electron chi connectivity index (χ0n) is 18.6. The third-order valence-electron chi connectivity index (χ3n) is 4.60. The zero-order chi connectivity index (χ0) is 22.7. The summed E-state index contributed by atoms with van der Waals surface area (Å²) in [6.07, 6.45) is 1.35. The van der Waals surface area contributed by atoms with Gasteiger partial charge in [0.1, 0.15) is 0 Å². The van der Waals surface area contributed by atoms with Gasteiger partial charge in [0, 0.05) is 38.7 Å². The number of amides is 1. The fourth-order valence-corrected chi connectivity index (χ4v) is 2.78. The Morgan fingerprint density at radius 3 is 2.07 bits per heavy atom. The highest BCUT2D eigenvalue weighted by Crippen LogP contribution is 2.17. The fourth-order valence-electron chi connectivity index (χ4n) is 2.78. The summed E-state index contributed by atoms with van der Waals surface area (Å²) < 4.78 is 0. The lowest BCUT2D eigenvalue weighted by Gasteiger charge is -2.28. The zero-order valence-corrected chi connectivity index (χ0v) is 18.6. The first-order chi connectivity index (χ1) is 14.0. The van der Waals surface area contributed by atoms with E-state index in [9.17, 15) is 9.90 Å². The first-order valence-electron chi connectivity index (χ1n) is 10.00. The van der Waals surface area contributed by atoms with Crippen LogP contribution in [0.3, 0.4) is 0 Å². The Hall–Kier alpha value is -2.70. The largest absolute Gasteiger partial charge is 0.481 e. The van der Waals surface area contributed by atoms with Gasteiger partial charge in [-0.2, -0.15) is 0 Å². The van der Waals surface area contributed by atoms with Crippen LogP contribution in [0.1, 0.15) is 54.8 Å². The van der Waals surface area contributed by atoms with Gasteiger partial charge in [-0.25, -0.2) is 0 Å². The van der Waals surface area contributed by atoms with Crippen LogP contribution in [0.5, 0.6) is 0 Å². The molecule has 0 bridgehead atoms. The Morgan fingerprint density at radius 2 is 1.57 bits per heavy atom. The molecule has 1 amide bonds. The fraction of sp³-hybridized carbons (Fsp3) is 0.417. The smallest absolute Gasteiger partial charge is 0.300 e. The van der Waals surface area contributed by atoms with Gasteiger partial charge in [-0.1, -0.05) is 42.5 Å². The standard InChI is InChI=1S/C22H30N2O2.C2H4O2/c1-22(2,23-16-20(25)18-8-6-5-7-9-18)15-14-17-10-12-19(13-11-17)21(26)24(3)4;1-2(3)4/h5-13,20,23,25H,14-16H2,1-4H3;1H3,(H,3,4). The Bertz CT molecular complexity index is 783. The maximum atomic E-state index is 11.9. The molecule has 0 aliphatic carbocycles. The summed E-state index contributed by atoms with van der Waals surface area (Å²) in [6, 6.07) is 17.5. The summed E-state index contributed by atoms with van der Waals surface area (Å²) in [6.45, 7) is 5.90. The summed E-state index contributed by atoms with van der Waals surface area (Å²) in [7, 11) is 3.52. The van der Waals surface area contributed by atoms with Crippen LogP contribution in [-0.4, -0.2) is 53.2 Å². The van der Waals surface area contributed by atoms with Crippen molar-refractivity contribution in [1.82, 2.24) is 10.2 Å². The Morgan fingerprint density at radius 1 is 1.03 bits per heavy atom. The summed E-state index contributed by atoms with van der Waals surface area (Å²) in [5, 5.41) is 21.2. The molecule has 0 saturated carbocycles. The molecule has 0 aromatic heterocycles. The van der Waals surface area contributed by atoms with Crippen molar-refractivity contribution in [1.29, 1.82) is 0 Å². The Kier molecular flexibility index (Phi) is 10.2. The first-order valence-corrected chi connectivity index (χ1v) is 10.00. The van der Waals surface area contributed by atoms with E-state index in [2.05, 4.69) is 19.2 Å². The minimum Gasteiger partial charge on any atom is -0.481 e. The second-order valence-electron chi connectivity index (χ2n) is 8.11. The number of hydrogen-bond donors (Lipinski definition) is 3. The average Bonchev–Trinajstić information content (AvgIpc) is 2.70. The van der Waals surface area contributed by atoms with Crippen molar-refractivity contribution in [3.05, 3.63) is 71.3 Å². The van der Waals surface area contributed by atoms with E-state index in [4.69, 9.17) is 9.90 Å². The number of rotatable bonds is 8. The lowest BCUT2D eigenvalue weighted by atomic mass is 9.94. The molecule has 0 radical (unpaired) electrons. The van der Waals surface area contributed by atoms with E-state index in [1.165, 1.54) is 5.56 Å². The normalized spacial score (nSPS) is 11.8. The monoisotopic (exact) mass is 414 g/mol.